The molecule has 0 aromatic rings. The third kappa shape index (κ3) is 6.20. The van der Waals surface area contributed by atoms with Crippen molar-refractivity contribution in [1.82, 2.24) is 0 Å². The first-order valence-corrected chi connectivity index (χ1v) is 4.33. The fourth-order valence-corrected chi connectivity index (χ4v) is 0.742. The average molecular weight is 196 g/mol. The van der Waals surface area contributed by atoms with E-state index < -0.39 is 5.97 Å². The highest BCUT2D eigenvalue weighted by Gasteiger charge is 2.05. The molecule has 0 N–H and O–H groups in total. The second-order valence-corrected chi connectivity index (χ2v) is 2.60. The fourth-order valence-electron chi connectivity index (χ4n) is 0.742. The third-order valence-electron chi connectivity index (χ3n) is 1.45. The lowest BCUT2D eigenvalue weighted by Crippen LogP contribution is -2.09. The Labute approximate surface area is 84.7 Å². The van der Waals surface area contributed by atoms with Gasteiger partial charge in [0.05, 0.1) is 25.9 Å². The summed E-state index contributed by atoms with van der Waals surface area (Å²) in [6.45, 7) is 7.84. The van der Waals surface area contributed by atoms with Crippen LogP contribution in [-0.2, 0) is 14.3 Å². The van der Waals surface area contributed by atoms with Gasteiger partial charge in [-0.2, -0.15) is 0 Å². The molecule has 0 rings (SSSR count). The molecule has 0 saturated heterocycles. The number of esters is 1. The van der Waals surface area contributed by atoms with Crippen molar-refractivity contribution in [3.63, 3.8) is 0 Å². The summed E-state index contributed by atoms with van der Waals surface area (Å²) in [7, 11) is 1.32. The molecule has 0 aromatic carbocycles. The third-order valence-corrected chi connectivity index (χ3v) is 1.45. The van der Waals surface area contributed by atoms with Crippen molar-refractivity contribution in [2.75, 3.05) is 20.3 Å². The Morgan fingerprint density at radius 2 is 2.21 bits per heavy atom. The van der Waals surface area contributed by atoms with Crippen LogP contribution in [0.3, 0.4) is 0 Å². The van der Waals surface area contributed by atoms with E-state index in [4.69, 9.17) is 4.74 Å². The van der Waals surface area contributed by atoms with E-state index in [1.54, 1.807) is 6.08 Å². The summed E-state index contributed by atoms with van der Waals surface area (Å²) in [5.41, 5.74) is 0.334. The SMILES string of the molecule is C=CC=CCCOCC(=C)C(=O)OC. The van der Waals surface area contributed by atoms with Crippen LogP contribution in [-0.4, -0.2) is 26.3 Å². The Morgan fingerprint density at radius 3 is 2.79 bits per heavy atom. The van der Waals surface area contributed by atoms with Crippen molar-refractivity contribution in [2.45, 2.75) is 6.42 Å². The summed E-state index contributed by atoms with van der Waals surface area (Å²) in [5, 5.41) is 0. The molecule has 0 heterocycles. The Bertz CT molecular complexity index is 229. The maximum absolute atomic E-state index is 10.8. The summed E-state index contributed by atoms with van der Waals surface area (Å²) >= 11 is 0. The van der Waals surface area contributed by atoms with Gasteiger partial charge in [-0.1, -0.05) is 31.4 Å². The van der Waals surface area contributed by atoms with Gasteiger partial charge in [0.1, 0.15) is 0 Å². The van der Waals surface area contributed by atoms with Gasteiger partial charge >= 0.3 is 5.97 Å². The van der Waals surface area contributed by atoms with Gasteiger partial charge in [-0.05, 0) is 6.42 Å². The molecule has 0 aromatic heterocycles. The molecule has 0 fully saturated rings. The van der Waals surface area contributed by atoms with Crippen LogP contribution in [0.1, 0.15) is 6.42 Å². The van der Waals surface area contributed by atoms with Crippen molar-refractivity contribution >= 4 is 5.97 Å². The van der Waals surface area contributed by atoms with Crippen molar-refractivity contribution < 1.29 is 14.3 Å². The van der Waals surface area contributed by atoms with Crippen LogP contribution in [0.4, 0.5) is 0 Å². The zero-order valence-corrected chi connectivity index (χ0v) is 8.49. The van der Waals surface area contributed by atoms with E-state index in [1.807, 2.05) is 12.2 Å². The number of rotatable bonds is 7. The molecule has 0 unspecified atom stereocenters. The van der Waals surface area contributed by atoms with Crippen LogP contribution >= 0.6 is 0 Å². The lowest BCUT2D eigenvalue weighted by Gasteiger charge is -2.03. The summed E-state index contributed by atoms with van der Waals surface area (Å²) in [6.07, 6.45) is 6.28. The Balaban J connectivity index is 3.45. The first-order valence-electron chi connectivity index (χ1n) is 4.33. The van der Waals surface area contributed by atoms with Crippen molar-refractivity contribution in [3.05, 3.63) is 37.0 Å². The lowest BCUT2D eigenvalue weighted by atomic mass is 10.3. The van der Waals surface area contributed by atoms with Crippen LogP contribution in [0.25, 0.3) is 0 Å². The first-order chi connectivity index (χ1) is 6.72. The topological polar surface area (TPSA) is 35.5 Å². The van der Waals surface area contributed by atoms with Crippen LogP contribution in [0.5, 0.6) is 0 Å². The molecule has 0 radical (unpaired) electrons. The lowest BCUT2D eigenvalue weighted by molar-refractivity contribution is -0.136. The fraction of sp³-hybridized carbons (Fsp3) is 0.364. The maximum Gasteiger partial charge on any atom is 0.335 e. The molecule has 0 atom stereocenters. The quantitative estimate of drug-likeness (QED) is 0.270. The minimum Gasteiger partial charge on any atom is -0.466 e. The smallest absolute Gasteiger partial charge is 0.335 e. The van der Waals surface area contributed by atoms with Crippen molar-refractivity contribution in [3.8, 4) is 0 Å². The standard InChI is InChI=1S/C11H16O3/c1-4-5-6-7-8-14-9-10(2)11(12)13-3/h4-6H,1-2,7-9H2,3H3. The van der Waals surface area contributed by atoms with E-state index in [0.29, 0.717) is 12.2 Å². The van der Waals surface area contributed by atoms with Gasteiger partial charge in [0.2, 0.25) is 0 Å². The van der Waals surface area contributed by atoms with E-state index >= 15 is 0 Å². The zero-order chi connectivity index (χ0) is 10.8. The Morgan fingerprint density at radius 1 is 1.50 bits per heavy atom. The molecule has 3 heteroatoms. The molecule has 14 heavy (non-hydrogen) atoms. The van der Waals surface area contributed by atoms with Crippen molar-refractivity contribution in [2.24, 2.45) is 0 Å². The van der Waals surface area contributed by atoms with Gasteiger partial charge in [0, 0.05) is 0 Å². The molecule has 0 aliphatic heterocycles. The summed E-state index contributed by atoms with van der Waals surface area (Å²) in [6, 6.07) is 0. The van der Waals surface area contributed by atoms with Gasteiger partial charge in [0.25, 0.3) is 0 Å². The molecule has 0 spiro atoms. The number of ether oxygens (including phenoxy) is 2. The molecular formula is C11H16O3. The van der Waals surface area contributed by atoms with Crippen LogP contribution in [0.2, 0.25) is 0 Å². The second kappa shape index (κ2) is 8.26. The van der Waals surface area contributed by atoms with E-state index in [-0.39, 0.29) is 6.61 Å². The van der Waals surface area contributed by atoms with E-state index in [1.165, 1.54) is 7.11 Å². The predicted octanol–water partition coefficient (Wildman–Crippen LogP) is 1.86. The molecule has 0 aliphatic carbocycles. The average Bonchev–Trinajstić information content (AvgIpc) is 2.21. The molecular weight excluding hydrogens is 180 g/mol. The number of carbonyl (C=O) groups excluding carboxylic acids is 1. The van der Waals surface area contributed by atoms with Gasteiger partial charge in [-0.15, -0.1) is 0 Å². The first kappa shape index (κ1) is 12.7. The number of allylic oxidation sites excluding steroid dienone is 2. The minimum atomic E-state index is -0.424. The number of hydrogen-bond donors (Lipinski definition) is 0. The monoisotopic (exact) mass is 196 g/mol. The van der Waals surface area contributed by atoms with E-state index in [9.17, 15) is 4.79 Å². The van der Waals surface area contributed by atoms with Gasteiger partial charge < -0.3 is 9.47 Å². The molecule has 0 amide bonds. The van der Waals surface area contributed by atoms with Crippen LogP contribution in [0.15, 0.2) is 37.0 Å². The largest absolute Gasteiger partial charge is 0.466 e. The number of methoxy groups -OCH3 is 1. The zero-order valence-electron chi connectivity index (χ0n) is 8.49. The van der Waals surface area contributed by atoms with Crippen LogP contribution < -0.4 is 0 Å². The highest BCUT2D eigenvalue weighted by atomic mass is 16.5. The summed E-state index contributed by atoms with van der Waals surface area (Å²) < 4.78 is 9.64. The Kier molecular flexibility index (Phi) is 7.46. The predicted molar refractivity (Wildman–Crippen MR) is 55.9 cm³/mol. The molecule has 78 valence electrons. The summed E-state index contributed by atoms with van der Waals surface area (Å²) in [5.74, 6) is -0.424. The number of hydrogen-bond acceptors (Lipinski definition) is 3. The van der Waals surface area contributed by atoms with Gasteiger partial charge in [0.15, 0.2) is 0 Å². The second-order valence-electron chi connectivity index (χ2n) is 2.60. The summed E-state index contributed by atoms with van der Waals surface area (Å²) in [4.78, 5) is 10.8. The van der Waals surface area contributed by atoms with Crippen LogP contribution in [0, 0.1) is 0 Å². The molecule has 0 bridgehead atoms. The minimum absolute atomic E-state index is 0.217. The maximum atomic E-state index is 10.8. The van der Waals surface area contributed by atoms with Gasteiger partial charge in [-0.25, -0.2) is 4.79 Å². The molecule has 0 saturated carbocycles. The van der Waals surface area contributed by atoms with E-state index in [0.717, 1.165) is 6.42 Å². The molecule has 0 aliphatic rings. The van der Waals surface area contributed by atoms with Crippen molar-refractivity contribution in [1.29, 1.82) is 0 Å². The van der Waals surface area contributed by atoms with Gasteiger partial charge in [-0.3, -0.25) is 0 Å². The highest BCUT2D eigenvalue weighted by Crippen LogP contribution is 1.95. The number of carbonyl (C=O) groups is 1. The highest BCUT2D eigenvalue weighted by molar-refractivity contribution is 5.87. The molecule has 3 nitrogen and oxygen atoms in total. The van der Waals surface area contributed by atoms with E-state index in [2.05, 4.69) is 17.9 Å². The normalized spacial score (nSPS) is 10.1. The Hall–Kier alpha value is -1.35.